The fourth-order valence-corrected chi connectivity index (χ4v) is 4.31. The fraction of sp³-hybridized carbons (Fsp3) is 0.391. The first-order valence-corrected chi connectivity index (χ1v) is 11.1. The number of carbonyl (C=O) groups excluding carboxylic acids is 3. The van der Waals surface area contributed by atoms with Crippen LogP contribution < -0.4 is 15.1 Å². The second-order valence-corrected chi connectivity index (χ2v) is 8.12. The number of rotatable bonds is 7. The van der Waals surface area contributed by atoms with Crippen molar-refractivity contribution in [3.63, 3.8) is 0 Å². The molecule has 2 saturated heterocycles. The third-order valence-electron chi connectivity index (χ3n) is 5.98. The summed E-state index contributed by atoms with van der Waals surface area (Å²) in [5.74, 6) is -0.768. The molecule has 3 heterocycles. The Balaban J connectivity index is 1.36. The van der Waals surface area contributed by atoms with E-state index in [2.05, 4.69) is 10.3 Å². The van der Waals surface area contributed by atoms with Crippen LogP contribution in [0.5, 0.6) is 0 Å². The molecule has 11 heteroatoms. The fourth-order valence-electron chi connectivity index (χ4n) is 4.31. The molecule has 11 nitrogen and oxygen atoms in total. The number of hydrogen-bond acceptors (Lipinski definition) is 9. The molecule has 2 fully saturated rings. The molecule has 1 atom stereocenters. The Labute approximate surface area is 195 Å². The summed E-state index contributed by atoms with van der Waals surface area (Å²) in [7, 11) is 0. The smallest absolute Gasteiger partial charge is 0.338 e. The molecule has 2 amide bonds. The molecule has 0 bridgehead atoms. The van der Waals surface area contributed by atoms with Gasteiger partial charge in [-0.05, 0) is 50.1 Å². The van der Waals surface area contributed by atoms with Crippen LogP contribution in [0.4, 0.5) is 17.2 Å². The maximum Gasteiger partial charge on any atom is 0.338 e. The monoisotopic (exact) mass is 467 g/mol. The Morgan fingerprint density at radius 2 is 1.91 bits per heavy atom. The highest BCUT2D eigenvalue weighted by Crippen LogP contribution is 2.28. The number of amides is 2. The van der Waals surface area contributed by atoms with E-state index in [1.807, 2.05) is 4.90 Å². The number of piperidine rings is 1. The van der Waals surface area contributed by atoms with Crippen LogP contribution in [-0.2, 0) is 14.3 Å². The van der Waals surface area contributed by atoms with E-state index >= 15 is 0 Å². The van der Waals surface area contributed by atoms with Crippen LogP contribution in [-0.4, -0.2) is 59.5 Å². The molecule has 178 valence electrons. The Bertz CT molecular complexity index is 1100. The third kappa shape index (κ3) is 4.74. The number of benzene rings is 1. The summed E-state index contributed by atoms with van der Waals surface area (Å²) < 4.78 is 4.95. The van der Waals surface area contributed by atoms with Gasteiger partial charge in [-0.15, -0.1) is 0 Å². The second kappa shape index (κ2) is 9.96. The van der Waals surface area contributed by atoms with Crippen molar-refractivity contribution < 1.29 is 24.0 Å². The van der Waals surface area contributed by atoms with E-state index < -0.39 is 16.9 Å². The Kier molecular flexibility index (Phi) is 6.82. The summed E-state index contributed by atoms with van der Waals surface area (Å²) in [5.41, 5.74) is 0.721. The van der Waals surface area contributed by atoms with Crippen LogP contribution in [0, 0.1) is 10.1 Å². The van der Waals surface area contributed by atoms with E-state index in [-0.39, 0.29) is 36.6 Å². The van der Waals surface area contributed by atoms with Gasteiger partial charge in [-0.3, -0.25) is 19.7 Å². The Morgan fingerprint density at radius 3 is 2.56 bits per heavy atom. The maximum atomic E-state index is 13.0. The van der Waals surface area contributed by atoms with Gasteiger partial charge in [0.25, 0.3) is 5.91 Å². The van der Waals surface area contributed by atoms with E-state index in [0.29, 0.717) is 43.0 Å². The highest BCUT2D eigenvalue weighted by atomic mass is 16.6. The van der Waals surface area contributed by atoms with Gasteiger partial charge in [0.2, 0.25) is 11.7 Å². The summed E-state index contributed by atoms with van der Waals surface area (Å²) >= 11 is 0. The molecule has 0 unspecified atom stereocenters. The minimum atomic E-state index is -0.641. The number of anilines is 2. The van der Waals surface area contributed by atoms with Crippen molar-refractivity contribution in [1.29, 1.82) is 0 Å². The summed E-state index contributed by atoms with van der Waals surface area (Å²) in [5, 5.41) is 14.6. The average molecular weight is 467 g/mol. The van der Waals surface area contributed by atoms with Crippen LogP contribution in [0.25, 0.3) is 0 Å². The topological polar surface area (TPSA) is 135 Å². The van der Waals surface area contributed by atoms with Gasteiger partial charge in [0, 0.05) is 31.4 Å². The van der Waals surface area contributed by atoms with Crippen molar-refractivity contribution in [2.45, 2.75) is 38.3 Å². The van der Waals surface area contributed by atoms with Gasteiger partial charge in [0.1, 0.15) is 0 Å². The third-order valence-corrected chi connectivity index (χ3v) is 5.98. The van der Waals surface area contributed by atoms with Crippen LogP contribution in [0.3, 0.4) is 0 Å². The molecule has 0 spiro atoms. The zero-order chi connectivity index (χ0) is 24.2. The van der Waals surface area contributed by atoms with Crippen LogP contribution in [0.2, 0.25) is 0 Å². The van der Waals surface area contributed by atoms with Gasteiger partial charge in [-0.25, -0.2) is 14.7 Å². The second-order valence-electron chi connectivity index (χ2n) is 8.12. The molecule has 0 saturated carbocycles. The molecule has 2 aliphatic rings. The van der Waals surface area contributed by atoms with Crippen molar-refractivity contribution in [2.75, 3.05) is 29.5 Å². The van der Waals surface area contributed by atoms with Crippen LogP contribution in [0.15, 0.2) is 42.6 Å². The van der Waals surface area contributed by atoms with Gasteiger partial charge in [-0.2, -0.15) is 0 Å². The highest BCUT2D eigenvalue weighted by Gasteiger charge is 2.41. The number of hydrogen-bond donors (Lipinski definition) is 1. The van der Waals surface area contributed by atoms with Crippen molar-refractivity contribution in [1.82, 2.24) is 10.3 Å². The summed E-state index contributed by atoms with van der Waals surface area (Å²) in [4.78, 5) is 55.4. The molecule has 1 N–H and O–H groups in total. The van der Waals surface area contributed by atoms with Gasteiger partial charge in [0.15, 0.2) is 0 Å². The van der Waals surface area contributed by atoms with Crippen molar-refractivity contribution in [3.05, 3.63) is 58.3 Å². The van der Waals surface area contributed by atoms with Crippen LogP contribution >= 0.6 is 0 Å². The molecule has 2 aromatic rings. The van der Waals surface area contributed by atoms with E-state index in [4.69, 9.17) is 4.74 Å². The Hall–Kier alpha value is -3.86. The SMILES string of the molecule is CCOC(=O)c1ccc(N2C(=O)C[C@H](NC3CCN(c4ncccc4[N+](=O)[O-])CC3)C2=O)cc1. The number of esters is 1. The van der Waals surface area contributed by atoms with Crippen molar-refractivity contribution in [3.8, 4) is 0 Å². The van der Waals surface area contributed by atoms with Crippen molar-refractivity contribution >= 4 is 35.0 Å². The van der Waals surface area contributed by atoms with E-state index in [0.717, 1.165) is 4.90 Å². The number of nitrogens with one attached hydrogen (secondary N) is 1. The lowest BCUT2D eigenvalue weighted by Gasteiger charge is -2.33. The number of pyridine rings is 1. The maximum absolute atomic E-state index is 13.0. The molecular weight excluding hydrogens is 442 g/mol. The van der Waals surface area contributed by atoms with Gasteiger partial charge in [0.05, 0.1) is 35.2 Å². The number of nitro groups is 1. The predicted molar refractivity (Wildman–Crippen MR) is 123 cm³/mol. The minimum Gasteiger partial charge on any atom is -0.462 e. The van der Waals surface area contributed by atoms with Gasteiger partial charge < -0.3 is 15.0 Å². The predicted octanol–water partition coefficient (Wildman–Crippen LogP) is 2.06. The molecule has 0 aliphatic carbocycles. The lowest BCUT2D eigenvalue weighted by atomic mass is 10.0. The highest BCUT2D eigenvalue weighted by molar-refractivity contribution is 6.22. The quantitative estimate of drug-likeness (QED) is 0.281. The van der Waals surface area contributed by atoms with Gasteiger partial charge >= 0.3 is 11.7 Å². The number of ether oxygens (including phenoxy) is 1. The minimum absolute atomic E-state index is 0.00749. The van der Waals surface area contributed by atoms with E-state index in [1.165, 1.54) is 30.5 Å². The molecular formula is C23H25N5O6. The zero-order valence-corrected chi connectivity index (χ0v) is 18.7. The lowest BCUT2D eigenvalue weighted by Crippen LogP contribution is -2.49. The van der Waals surface area contributed by atoms with Gasteiger partial charge in [-0.1, -0.05) is 0 Å². The molecule has 4 rings (SSSR count). The molecule has 1 aromatic heterocycles. The average Bonchev–Trinajstić information content (AvgIpc) is 3.12. The zero-order valence-electron chi connectivity index (χ0n) is 18.7. The first kappa shape index (κ1) is 23.3. The normalized spacial score (nSPS) is 18.9. The first-order chi connectivity index (χ1) is 16.4. The Morgan fingerprint density at radius 1 is 1.21 bits per heavy atom. The number of aromatic nitrogens is 1. The molecule has 2 aliphatic heterocycles. The van der Waals surface area contributed by atoms with E-state index in [9.17, 15) is 24.5 Å². The summed E-state index contributed by atoms with van der Waals surface area (Å²) in [6.07, 6.45) is 2.88. The largest absolute Gasteiger partial charge is 0.462 e. The standard InChI is InChI=1S/C23H25N5O6/c1-2-34-23(31)15-5-7-17(8-6-15)27-20(29)14-18(22(27)30)25-16-9-12-26(13-10-16)21-19(28(32)33)4-3-11-24-21/h3-8,11,16,18,25H,2,9-10,12-14H2,1H3/t18-/m0/s1. The summed E-state index contributed by atoms with van der Waals surface area (Å²) in [6, 6.07) is 8.50. The van der Waals surface area contributed by atoms with Crippen LogP contribution in [0.1, 0.15) is 36.5 Å². The summed E-state index contributed by atoms with van der Waals surface area (Å²) in [6.45, 7) is 3.06. The number of imide groups is 1. The first-order valence-electron chi connectivity index (χ1n) is 11.1. The van der Waals surface area contributed by atoms with E-state index in [1.54, 1.807) is 19.1 Å². The number of nitrogens with zero attached hydrogens (tertiary/aromatic N) is 4. The van der Waals surface area contributed by atoms with Crippen molar-refractivity contribution in [2.24, 2.45) is 0 Å². The molecule has 34 heavy (non-hydrogen) atoms. The molecule has 0 radical (unpaired) electrons. The lowest BCUT2D eigenvalue weighted by molar-refractivity contribution is -0.384. The molecule has 1 aromatic carbocycles. The number of carbonyl (C=O) groups is 3.